The van der Waals surface area contributed by atoms with Crippen LogP contribution >= 0.6 is 0 Å². The summed E-state index contributed by atoms with van der Waals surface area (Å²) in [4.78, 5) is 15.0. The standard InChI is InChI=1S/C25H23N3O3S/c26-23(25(29)27-16-19-9-4-5-10-20(19)17-27)15-21-14-18-8-6-7-13-24(18)28(21)32(30,31)22-11-2-1-3-12-22/h1-14,23H,15-17,26H2. The molecule has 3 aromatic carbocycles. The molecule has 0 radical (unpaired) electrons. The van der Waals surface area contributed by atoms with Gasteiger partial charge in [-0.1, -0.05) is 60.7 Å². The lowest BCUT2D eigenvalue weighted by Crippen LogP contribution is -2.43. The molecule has 1 unspecified atom stereocenters. The molecule has 6 nitrogen and oxygen atoms in total. The molecule has 2 N–H and O–H groups in total. The minimum atomic E-state index is -3.85. The number of nitrogens with two attached hydrogens (primary N) is 1. The quantitative estimate of drug-likeness (QED) is 0.511. The summed E-state index contributed by atoms with van der Waals surface area (Å²) in [6.45, 7) is 1.04. The number of nitrogens with zero attached hydrogens (tertiary/aromatic N) is 2. The number of carbonyl (C=O) groups is 1. The van der Waals surface area contributed by atoms with E-state index in [1.807, 2.05) is 42.5 Å². The van der Waals surface area contributed by atoms with E-state index >= 15 is 0 Å². The number of hydrogen-bond donors (Lipinski definition) is 1. The van der Waals surface area contributed by atoms with Crippen LogP contribution in [-0.2, 0) is 34.3 Å². The van der Waals surface area contributed by atoms with Gasteiger partial charge in [-0.15, -0.1) is 0 Å². The molecule has 0 aliphatic carbocycles. The van der Waals surface area contributed by atoms with Crippen LogP contribution in [0.1, 0.15) is 16.8 Å². The van der Waals surface area contributed by atoms with E-state index in [2.05, 4.69) is 0 Å². The summed E-state index contributed by atoms with van der Waals surface area (Å²) in [5.41, 5.74) is 9.64. The van der Waals surface area contributed by atoms with Crippen LogP contribution in [0.2, 0.25) is 0 Å². The Kier molecular flexibility index (Phi) is 5.07. The second kappa shape index (κ2) is 7.93. The van der Waals surface area contributed by atoms with E-state index in [0.29, 0.717) is 24.3 Å². The highest BCUT2D eigenvalue weighted by molar-refractivity contribution is 7.90. The van der Waals surface area contributed by atoms with Crippen molar-refractivity contribution in [3.63, 3.8) is 0 Å². The maximum atomic E-state index is 13.5. The molecule has 1 aliphatic rings. The lowest BCUT2D eigenvalue weighted by atomic mass is 10.1. The smallest absolute Gasteiger partial charge is 0.268 e. The number of para-hydroxylation sites is 1. The Bertz CT molecular complexity index is 1390. The lowest BCUT2D eigenvalue weighted by Gasteiger charge is -2.21. The van der Waals surface area contributed by atoms with Gasteiger partial charge in [0.2, 0.25) is 5.91 Å². The molecule has 0 saturated carbocycles. The first-order chi connectivity index (χ1) is 15.4. The van der Waals surface area contributed by atoms with Gasteiger partial charge in [-0.25, -0.2) is 12.4 Å². The van der Waals surface area contributed by atoms with Crippen LogP contribution in [0.25, 0.3) is 10.9 Å². The van der Waals surface area contributed by atoms with E-state index in [9.17, 15) is 13.2 Å². The van der Waals surface area contributed by atoms with Crippen LogP contribution in [0, 0.1) is 0 Å². The summed E-state index contributed by atoms with van der Waals surface area (Å²) in [6, 6.07) is 24.5. The van der Waals surface area contributed by atoms with Crippen molar-refractivity contribution >= 4 is 26.8 Å². The highest BCUT2D eigenvalue weighted by Gasteiger charge is 2.30. The van der Waals surface area contributed by atoms with Gasteiger partial charge in [0, 0.05) is 30.6 Å². The number of amides is 1. The van der Waals surface area contributed by atoms with Crippen LogP contribution in [0.3, 0.4) is 0 Å². The normalized spacial score (nSPS) is 14.5. The van der Waals surface area contributed by atoms with Crippen LogP contribution in [0.4, 0.5) is 0 Å². The number of fused-ring (bicyclic) bond motifs is 2. The lowest BCUT2D eigenvalue weighted by molar-refractivity contribution is -0.133. The van der Waals surface area contributed by atoms with Crippen molar-refractivity contribution in [1.29, 1.82) is 0 Å². The van der Waals surface area contributed by atoms with Gasteiger partial charge < -0.3 is 10.6 Å². The van der Waals surface area contributed by atoms with E-state index < -0.39 is 16.1 Å². The Morgan fingerprint density at radius 2 is 1.47 bits per heavy atom. The summed E-state index contributed by atoms with van der Waals surface area (Å²) in [7, 11) is -3.85. The third kappa shape index (κ3) is 3.49. The molecule has 1 atom stereocenters. The molecule has 2 heterocycles. The summed E-state index contributed by atoms with van der Waals surface area (Å²) in [5.74, 6) is -0.185. The predicted octanol–water partition coefficient (Wildman–Crippen LogP) is 3.29. The molecule has 1 aliphatic heterocycles. The summed E-state index contributed by atoms with van der Waals surface area (Å²) in [5, 5.41) is 0.787. The molecule has 1 aromatic heterocycles. The third-order valence-corrected chi connectivity index (χ3v) is 7.70. The van der Waals surface area contributed by atoms with Gasteiger partial charge >= 0.3 is 0 Å². The van der Waals surface area contributed by atoms with Gasteiger partial charge in [0.15, 0.2) is 0 Å². The van der Waals surface area contributed by atoms with Crippen molar-refractivity contribution in [2.45, 2.75) is 30.4 Å². The van der Waals surface area contributed by atoms with E-state index in [0.717, 1.165) is 16.5 Å². The Balaban J connectivity index is 1.49. The fourth-order valence-electron chi connectivity index (χ4n) is 4.35. The van der Waals surface area contributed by atoms with Crippen LogP contribution in [0.15, 0.2) is 89.8 Å². The second-order valence-corrected chi connectivity index (χ2v) is 9.84. The average Bonchev–Trinajstić information content (AvgIpc) is 3.40. The van der Waals surface area contributed by atoms with E-state index in [4.69, 9.17) is 5.73 Å². The van der Waals surface area contributed by atoms with Gasteiger partial charge in [0.1, 0.15) is 0 Å². The van der Waals surface area contributed by atoms with Crippen molar-refractivity contribution in [1.82, 2.24) is 8.87 Å². The number of rotatable bonds is 5. The first kappa shape index (κ1) is 20.5. The molecule has 4 aromatic rings. The predicted molar refractivity (Wildman–Crippen MR) is 123 cm³/mol. The molecule has 0 fully saturated rings. The first-order valence-electron chi connectivity index (χ1n) is 10.5. The van der Waals surface area contributed by atoms with Crippen molar-refractivity contribution in [2.75, 3.05) is 0 Å². The minimum absolute atomic E-state index is 0.117. The Morgan fingerprint density at radius 3 is 2.16 bits per heavy atom. The number of aromatic nitrogens is 1. The Hall–Kier alpha value is -3.42. The molecule has 32 heavy (non-hydrogen) atoms. The zero-order valence-corrected chi connectivity index (χ0v) is 18.2. The number of benzene rings is 3. The Morgan fingerprint density at radius 1 is 0.875 bits per heavy atom. The van der Waals surface area contributed by atoms with Gasteiger partial charge in [-0.05, 0) is 35.4 Å². The molecular weight excluding hydrogens is 422 g/mol. The zero-order chi connectivity index (χ0) is 22.3. The van der Waals surface area contributed by atoms with Gasteiger partial charge in [0.25, 0.3) is 10.0 Å². The molecule has 7 heteroatoms. The SMILES string of the molecule is NC(Cc1cc2ccccc2n1S(=O)(=O)c1ccccc1)C(=O)N1Cc2ccccc2C1. The third-order valence-electron chi connectivity index (χ3n) is 5.92. The molecule has 1 amide bonds. The number of carbonyl (C=O) groups excluding carboxylic acids is 1. The largest absolute Gasteiger partial charge is 0.333 e. The highest BCUT2D eigenvalue weighted by Crippen LogP contribution is 2.27. The van der Waals surface area contributed by atoms with Gasteiger partial charge in [-0.3, -0.25) is 4.79 Å². The van der Waals surface area contributed by atoms with Crippen molar-refractivity contribution < 1.29 is 13.2 Å². The number of hydrogen-bond acceptors (Lipinski definition) is 4. The fourth-order valence-corrected chi connectivity index (χ4v) is 5.92. The van der Waals surface area contributed by atoms with E-state index in [1.165, 1.54) is 3.97 Å². The van der Waals surface area contributed by atoms with Gasteiger partial charge in [-0.2, -0.15) is 0 Å². The first-order valence-corrected chi connectivity index (χ1v) is 11.9. The van der Waals surface area contributed by atoms with Crippen LogP contribution < -0.4 is 5.73 Å². The molecular formula is C25H23N3O3S. The Labute approximate surface area is 186 Å². The van der Waals surface area contributed by atoms with Crippen molar-refractivity contribution in [2.24, 2.45) is 5.73 Å². The second-order valence-electron chi connectivity index (χ2n) is 8.05. The summed E-state index contributed by atoms with van der Waals surface area (Å²) >= 11 is 0. The van der Waals surface area contributed by atoms with E-state index in [1.54, 1.807) is 47.4 Å². The average molecular weight is 446 g/mol. The minimum Gasteiger partial charge on any atom is -0.333 e. The summed E-state index contributed by atoms with van der Waals surface area (Å²) < 4.78 is 28.3. The topological polar surface area (TPSA) is 85.4 Å². The molecule has 0 saturated heterocycles. The molecule has 162 valence electrons. The van der Waals surface area contributed by atoms with Crippen molar-refractivity contribution in [3.8, 4) is 0 Å². The molecule has 0 spiro atoms. The molecule has 0 bridgehead atoms. The monoisotopic (exact) mass is 445 g/mol. The van der Waals surface area contributed by atoms with Crippen LogP contribution in [-0.4, -0.2) is 29.2 Å². The summed E-state index contributed by atoms with van der Waals surface area (Å²) in [6.07, 6.45) is 0.117. The van der Waals surface area contributed by atoms with Crippen LogP contribution in [0.5, 0.6) is 0 Å². The highest BCUT2D eigenvalue weighted by atomic mass is 32.2. The van der Waals surface area contributed by atoms with Crippen molar-refractivity contribution in [3.05, 3.63) is 102 Å². The van der Waals surface area contributed by atoms with Gasteiger partial charge in [0.05, 0.1) is 16.5 Å². The maximum Gasteiger partial charge on any atom is 0.268 e. The fraction of sp³-hybridized carbons (Fsp3) is 0.160. The maximum absolute atomic E-state index is 13.5. The van der Waals surface area contributed by atoms with E-state index in [-0.39, 0.29) is 17.2 Å². The zero-order valence-electron chi connectivity index (χ0n) is 17.4. The molecule has 5 rings (SSSR count).